The first-order valence-corrected chi connectivity index (χ1v) is 7.51. The van der Waals surface area contributed by atoms with E-state index in [1.54, 1.807) is 0 Å². The summed E-state index contributed by atoms with van der Waals surface area (Å²) in [6, 6.07) is 11.1. The van der Waals surface area contributed by atoms with Crippen LogP contribution in [-0.2, 0) is 0 Å². The molecule has 0 saturated carbocycles. The average molecular weight is 251 g/mol. The molecule has 1 saturated heterocycles. The smallest absolute Gasteiger partial charge is 0.0664 e. The SMILES string of the molecule is CC[C@@H](O)CN1CCSC[C@H]1c1ccccc1. The molecular weight excluding hydrogens is 230 g/mol. The van der Waals surface area contributed by atoms with Crippen molar-refractivity contribution in [1.29, 1.82) is 0 Å². The Morgan fingerprint density at radius 1 is 1.41 bits per heavy atom. The zero-order chi connectivity index (χ0) is 12.1. The van der Waals surface area contributed by atoms with Gasteiger partial charge < -0.3 is 5.11 Å². The highest BCUT2D eigenvalue weighted by Gasteiger charge is 2.25. The Bertz CT molecular complexity index is 330. The van der Waals surface area contributed by atoms with Crippen LogP contribution in [0.25, 0.3) is 0 Å². The molecule has 3 heteroatoms. The lowest BCUT2D eigenvalue weighted by Crippen LogP contribution is -2.40. The van der Waals surface area contributed by atoms with Crippen LogP contribution in [0.4, 0.5) is 0 Å². The second kappa shape index (κ2) is 6.43. The van der Waals surface area contributed by atoms with E-state index in [4.69, 9.17) is 0 Å². The number of β-amino-alcohol motifs (C(OH)–C–C–N with tert-alkyl or cyclic N) is 1. The highest BCUT2D eigenvalue weighted by molar-refractivity contribution is 7.99. The van der Waals surface area contributed by atoms with Gasteiger partial charge in [0.05, 0.1) is 6.10 Å². The van der Waals surface area contributed by atoms with Crippen LogP contribution in [0.2, 0.25) is 0 Å². The van der Waals surface area contributed by atoms with E-state index in [9.17, 15) is 5.11 Å². The van der Waals surface area contributed by atoms with Crippen LogP contribution in [0.15, 0.2) is 30.3 Å². The molecule has 94 valence electrons. The second-order valence-corrected chi connectivity index (χ2v) is 5.71. The second-order valence-electron chi connectivity index (χ2n) is 4.56. The van der Waals surface area contributed by atoms with Gasteiger partial charge in [0.1, 0.15) is 0 Å². The van der Waals surface area contributed by atoms with Gasteiger partial charge in [0.2, 0.25) is 0 Å². The third-order valence-electron chi connectivity index (χ3n) is 3.34. The first-order valence-electron chi connectivity index (χ1n) is 6.36. The molecule has 0 radical (unpaired) electrons. The van der Waals surface area contributed by atoms with E-state index in [2.05, 4.69) is 35.2 Å². The van der Waals surface area contributed by atoms with Crippen LogP contribution in [0, 0.1) is 0 Å². The molecule has 0 aliphatic carbocycles. The minimum atomic E-state index is -0.190. The highest BCUT2D eigenvalue weighted by atomic mass is 32.2. The Balaban J connectivity index is 2.07. The molecule has 1 aromatic rings. The predicted molar refractivity (Wildman–Crippen MR) is 74.4 cm³/mol. The molecule has 1 heterocycles. The average Bonchev–Trinajstić information content (AvgIpc) is 2.40. The lowest BCUT2D eigenvalue weighted by Gasteiger charge is -2.36. The van der Waals surface area contributed by atoms with E-state index in [1.807, 2.05) is 18.7 Å². The summed E-state index contributed by atoms with van der Waals surface area (Å²) < 4.78 is 0. The standard InChI is InChI=1S/C14H21NOS/c1-2-13(16)10-15-8-9-17-11-14(15)12-6-4-3-5-7-12/h3-7,13-14,16H,2,8-11H2,1H3/t13-,14+/m1/s1. The lowest BCUT2D eigenvalue weighted by molar-refractivity contribution is 0.0916. The summed E-state index contributed by atoms with van der Waals surface area (Å²) in [6.07, 6.45) is 0.648. The summed E-state index contributed by atoms with van der Waals surface area (Å²) in [5, 5.41) is 9.83. The number of hydrogen-bond acceptors (Lipinski definition) is 3. The molecule has 2 nitrogen and oxygen atoms in total. The van der Waals surface area contributed by atoms with E-state index in [0.29, 0.717) is 6.04 Å². The molecule has 1 aliphatic heterocycles. The topological polar surface area (TPSA) is 23.5 Å². The van der Waals surface area contributed by atoms with Crippen molar-refractivity contribution < 1.29 is 5.11 Å². The van der Waals surface area contributed by atoms with Gasteiger partial charge in [-0.05, 0) is 12.0 Å². The van der Waals surface area contributed by atoms with Crippen molar-refractivity contribution in [3.8, 4) is 0 Å². The molecule has 0 amide bonds. The molecule has 1 aliphatic rings. The molecule has 2 rings (SSSR count). The monoisotopic (exact) mass is 251 g/mol. The summed E-state index contributed by atoms with van der Waals surface area (Å²) in [6.45, 7) is 3.93. The van der Waals surface area contributed by atoms with Gasteiger partial charge in [-0.3, -0.25) is 4.90 Å². The summed E-state index contributed by atoms with van der Waals surface area (Å²) in [4.78, 5) is 2.43. The van der Waals surface area contributed by atoms with E-state index in [1.165, 1.54) is 11.3 Å². The minimum Gasteiger partial charge on any atom is -0.392 e. The first-order chi connectivity index (χ1) is 8.31. The van der Waals surface area contributed by atoms with Crippen LogP contribution >= 0.6 is 11.8 Å². The molecular formula is C14H21NOS. The predicted octanol–water partition coefficient (Wildman–Crippen LogP) is 2.55. The van der Waals surface area contributed by atoms with Crippen molar-refractivity contribution in [2.24, 2.45) is 0 Å². The van der Waals surface area contributed by atoms with E-state index in [0.717, 1.165) is 25.3 Å². The van der Waals surface area contributed by atoms with Gasteiger partial charge in [-0.2, -0.15) is 11.8 Å². The Morgan fingerprint density at radius 3 is 2.88 bits per heavy atom. The van der Waals surface area contributed by atoms with Crippen LogP contribution in [0.5, 0.6) is 0 Å². The number of rotatable bonds is 4. The fraction of sp³-hybridized carbons (Fsp3) is 0.571. The van der Waals surface area contributed by atoms with E-state index >= 15 is 0 Å². The zero-order valence-electron chi connectivity index (χ0n) is 10.4. The van der Waals surface area contributed by atoms with Gasteiger partial charge in [-0.1, -0.05) is 37.3 Å². The van der Waals surface area contributed by atoms with Gasteiger partial charge >= 0.3 is 0 Å². The van der Waals surface area contributed by atoms with Crippen LogP contribution in [-0.4, -0.2) is 40.7 Å². The maximum Gasteiger partial charge on any atom is 0.0664 e. The zero-order valence-corrected chi connectivity index (χ0v) is 11.2. The third kappa shape index (κ3) is 3.47. The quantitative estimate of drug-likeness (QED) is 0.889. The summed E-state index contributed by atoms with van der Waals surface area (Å²) in [5.41, 5.74) is 1.38. The van der Waals surface area contributed by atoms with Crippen LogP contribution in [0.1, 0.15) is 24.9 Å². The van der Waals surface area contributed by atoms with Gasteiger partial charge in [0, 0.05) is 30.6 Å². The van der Waals surface area contributed by atoms with Crippen LogP contribution < -0.4 is 0 Å². The van der Waals surface area contributed by atoms with Gasteiger partial charge in [-0.15, -0.1) is 0 Å². The number of benzene rings is 1. The van der Waals surface area contributed by atoms with E-state index < -0.39 is 0 Å². The normalized spacial score (nSPS) is 23.5. The Morgan fingerprint density at radius 2 is 2.18 bits per heavy atom. The molecule has 0 bridgehead atoms. The van der Waals surface area contributed by atoms with Gasteiger partial charge in [0.15, 0.2) is 0 Å². The summed E-state index contributed by atoms with van der Waals surface area (Å²) in [5.74, 6) is 2.32. The Hall–Kier alpha value is -0.510. The van der Waals surface area contributed by atoms with Gasteiger partial charge in [-0.25, -0.2) is 0 Å². The fourth-order valence-corrected chi connectivity index (χ4v) is 3.40. The molecule has 0 unspecified atom stereocenters. The maximum absolute atomic E-state index is 9.83. The largest absolute Gasteiger partial charge is 0.392 e. The number of aliphatic hydroxyl groups excluding tert-OH is 1. The fourth-order valence-electron chi connectivity index (χ4n) is 2.24. The lowest BCUT2D eigenvalue weighted by atomic mass is 10.1. The maximum atomic E-state index is 9.83. The molecule has 1 fully saturated rings. The summed E-state index contributed by atoms with van der Waals surface area (Å²) in [7, 11) is 0. The molecule has 0 spiro atoms. The highest BCUT2D eigenvalue weighted by Crippen LogP contribution is 2.29. The number of hydrogen-bond donors (Lipinski definition) is 1. The van der Waals surface area contributed by atoms with Crippen LogP contribution in [0.3, 0.4) is 0 Å². The van der Waals surface area contributed by atoms with Crippen molar-refractivity contribution in [2.75, 3.05) is 24.6 Å². The molecule has 17 heavy (non-hydrogen) atoms. The number of nitrogens with zero attached hydrogens (tertiary/aromatic N) is 1. The third-order valence-corrected chi connectivity index (χ3v) is 4.36. The van der Waals surface area contributed by atoms with Gasteiger partial charge in [0.25, 0.3) is 0 Å². The van der Waals surface area contributed by atoms with Crippen molar-refractivity contribution >= 4 is 11.8 Å². The Labute approximate surface area is 108 Å². The molecule has 1 aromatic carbocycles. The number of aliphatic hydroxyl groups is 1. The molecule has 2 atom stereocenters. The minimum absolute atomic E-state index is 0.190. The molecule has 1 N–H and O–H groups in total. The van der Waals surface area contributed by atoms with Crippen molar-refractivity contribution in [3.63, 3.8) is 0 Å². The Kier molecular flexibility index (Phi) is 4.89. The molecule has 0 aromatic heterocycles. The summed E-state index contributed by atoms with van der Waals surface area (Å²) >= 11 is 2.01. The van der Waals surface area contributed by atoms with Crippen molar-refractivity contribution in [2.45, 2.75) is 25.5 Å². The van der Waals surface area contributed by atoms with Crippen molar-refractivity contribution in [3.05, 3.63) is 35.9 Å². The van der Waals surface area contributed by atoms with E-state index in [-0.39, 0.29) is 6.10 Å². The van der Waals surface area contributed by atoms with Crippen molar-refractivity contribution in [1.82, 2.24) is 4.90 Å². The first kappa shape index (κ1) is 12.9. The number of thioether (sulfide) groups is 1.